The quantitative estimate of drug-likeness (QED) is 0.267. The summed E-state index contributed by atoms with van der Waals surface area (Å²) in [5, 5.41) is 5.72. The predicted molar refractivity (Wildman–Crippen MR) is 149 cm³/mol. The molecule has 1 saturated heterocycles. The van der Waals surface area contributed by atoms with Gasteiger partial charge in [-0.2, -0.15) is 0 Å². The number of nitrogens with zero attached hydrogens (tertiary/aromatic N) is 2. The van der Waals surface area contributed by atoms with Gasteiger partial charge in [0.2, 0.25) is 0 Å². The van der Waals surface area contributed by atoms with Gasteiger partial charge in [-0.1, -0.05) is 38.1 Å². The van der Waals surface area contributed by atoms with E-state index in [0.717, 1.165) is 67.4 Å². The van der Waals surface area contributed by atoms with E-state index < -0.39 is 13.9 Å². The minimum Gasteiger partial charge on any atom is -0.444 e. The molecule has 0 N–H and O–H groups in total. The van der Waals surface area contributed by atoms with E-state index in [0.29, 0.717) is 12.5 Å². The maximum atomic E-state index is 12.4. The van der Waals surface area contributed by atoms with Crippen molar-refractivity contribution in [1.29, 1.82) is 0 Å². The van der Waals surface area contributed by atoms with Gasteiger partial charge in [0, 0.05) is 24.0 Å². The molecule has 1 aromatic heterocycles. The van der Waals surface area contributed by atoms with Crippen LogP contribution in [0.15, 0.2) is 29.3 Å². The van der Waals surface area contributed by atoms with Gasteiger partial charge in [-0.25, -0.2) is 4.79 Å². The Morgan fingerprint density at radius 1 is 1.19 bits per heavy atom. The molecule has 7 heteroatoms. The molecule has 36 heavy (non-hydrogen) atoms. The van der Waals surface area contributed by atoms with Crippen molar-refractivity contribution in [2.75, 3.05) is 13.1 Å². The molecule has 0 saturated carbocycles. The lowest BCUT2D eigenvalue weighted by molar-refractivity contribution is 0.0181. The number of hydrogen-bond donors (Lipinski definition) is 0. The summed E-state index contributed by atoms with van der Waals surface area (Å²) in [6, 6.07) is 4.31. The molecule has 2 heterocycles. The Kier molecular flexibility index (Phi) is 8.77. The number of aromatic nitrogens is 1. The standard InChI is InChI=1S/C29H46N2O4Si/c1-10-11-22-13-14-23-25(30-35-26(23)24(22)20-33-36(8,9)29(5,6)7)15-12-21-16-18-31(19-17-21)27(32)34-28(2,3)4/h10,13-14,21H,1,11-12,15-20H2,2-9H3. The first kappa shape index (κ1) is 28.4. The zero-order valence-corrected chi connectivity index (χ0v) is 24.7. The second-order valence-electron chi connectivity index (χ2n) is 12.7. The smallest absolute Gasteiger partial charge is 0.410 e. The molecule has 1 amide bonds. The Morgan fingerprint density at radius 3 is 2.44 bits per heavy atom. The van der Waals surface area contributed by atoms with Crippen molar-refractivity contribution >= 4 is 25.4 Å². The Labute approximate surface area is 218 Å². The number of fused-ring (bicyclic) bond motifs is 1. The van der Waals surface area contributed by atoms with Crippen LogP contribution in [-0.2, 0) is 28.6 Å². The van der Waals surface area contributed by atoms with Crippen LogP contribution < -0.4 is 0 Å². The molecule has 2 aromatic rings. The third kappa shape index (κ3) is 7.00. The van der Waals surface area contributed by atoms with Crippen molar-refractivity contribution in [2.45, 2.75) is 104 Å². The van der Waals surface area contributed by atoms with Crippen LogP contribution in [0.25, 0.3) is 11.0 Å². The second-order valence-corrected chi connectivity index (χ2v) is 17.5. The number of carbonyl (C=O) groups excluding carboxylic acids is 1. The first-order valence-corrected chi connectivity index (χ1v) is 16.2. The number of likely N-dealkylation sites (tertiary alicyclic amines) is 1. The van der Waals surface area contributed by atoms with E-state index in [4.69, 9.17) is 13.7 Å². The number of allylic oxidation sites excluding steroid dienone is 1. The summed E-state index contributed by atoms with van der Waals surface area (Å²) in [5.41, 5.74) is 3.69. The summed E-state index contributed by atoms with van der Waals surface area (Å²) in [6.07, 6.45) is 6.39. The Balaban J connectivity index is 1.67. The van der Waals surface area contributed by atoms with Crippen LogP contribution in [0.3, 0.4) is 0 Å². The minimum atomic E-state index is -1.90. The zero-order chi connectivity index (χ0) is 26.7. The Morgan fingerprint density at radius 2 is 1.86 bits per heavy atom. The largest absolute Gasteiger partial charge is 0.444 e. The van der Waals surface area contributed by atoms with Gasteiger partial charge in [-0.3, -0.25) is 0 Å². The maximum Gasteiger partial charge on any atom is 0.410 e. The highest BCUT2D eigenvalue weighted by atomic mass is 28.4. The van der Waals surface area contributed by atoms with Crippen molar-refractivity contribution in [3.8, 4) is 0 Å². The van der Waals surface area contributed by atoms with Crippen LogP contribution in [0.5, 0.6) is 0 Å². The Hall–Kier alpha value is -2.12. The summed E-state index contributed by atoms with van der Waals surface area (Å²) >= 11 is 0. The van der Waals surface area contributed by atoms with Gasteiger partial charge in [-0.05, 0) is 88.6 Å². The van der Waals surface area contributed by atoms with E-state index in [2.05, 4.69) is 57.7 Å². The number of carbonyl (C=O) groups is 1. The number of hydrogen-bond acceptors (Lipinski definition) is 5. The SMILES string of the molecule is C=CCc1ccc2c(CCC3CCN(C(=O)OC(C)(C)C)CC3)noc2c1CO[Si](C)(C)C(C)(C)C. The molecular weight excluding hydrogens is 468 g/mol. The van der Waals surface area contributed by atoms with E-state index in [9.17, 15) is 4.79 Å². The van der Waals surface area contributed by atoms with E-state index in [1.54, 1.807) is 0 Å². The zero-order valence-electron chi connectivity index (χ0n) is 23.7. The molecular formula is C29H46N2O4Si. The highest BCUT2D eigenvalue weighted by molar-refractivity contribution is 6.74. The number of amides is 1. The van der Waals surface area contributed by atoms with Crippen LogP contribution in [0.2, 0.25) is 18.1 Å². The Bertz CT molecular complexity index is 1050. The van der Waals surface area contributed by atoms with Crippen LogP contribution in [0.1, 0.15) is 77.6 Å². The molecule has 6 nitrogen and oxygen atoms in total. The maximum absolute atomic E-state index is 12.4. The normalized spacial score (nSPS) is 15.9. The lowest BCUT2D eigenvalue weighted by Gasteiger charge is -2.36. The lowest BCUT2D eigenvalue weighted by atomic mass is 9.91. The summed E-state index contributed by atoms with van der Waals surface area (Å²) < 4.78 is 18.0. The number of benzene rings is 1. The third-order valence-electron chi connectivity index (χ3n) is 7.72. The molecule has 1 aliphatic rings. The van der Waals surface area contributed by atoms with Crippen molar-refractivity contribution in [2.24, 2.45) is 5.92 Å². The lowest BCUT2D eigenvalue weighted by Crippen LogP contribution is -2.41. The average molecular weight is 515 g/mol. The number of piperidine rings is 1. The van der Waals surface area contributed by atoms with Crippen molar-refractivity contribution in [3.63, 3.8) is 0 Å². The molecule has 0 unspecified atom stereocenters. The molecule has 0 atom stereocenters. The van der Waals surface area contributed by atoms with Crippen molar-refractivity contribution in [1.82, 2.24) is 10.1 Å². The van der Waals surface area contributed by atoms with Gasteiger partial charge in [0.1, 0.15) is 5.60 Å². The van der Waals surface area contributed by atoms with Gasteiger partial charge < -0.3 is 18.6 Å². The minimum absolute atomic E-state index is 0.144. The molecule has 1 aliphatic heterocycles. The summed E-state index contributed by atoms with van der Waals surface area (Å²) in [5.74, 6) is 0.567. The predicted octanol–water partition coefficient (Wildman–Crippen LogP) is 7.66. The molecule has 1 aromatic carbocycles. The van der Waals surface area contributed by atoms with E-state index in [1.165, 1.54) is 5.56 Å². The first-order chi connectivity index (χ1) is 16.7. The number of rotatable bonds is 8. The van der Waals surface area contributed by atoms with E-state index in [-0.39, 0.29) is 11.1 Å². The molecule has 200 valence electrons. The highest BCUT2D eigenvalue weighted by Crippen LogP contribution is 2.38. The van der Waals surface area contributed by atoms with Gasteiger partial charge in [0.05, 0.1) is 12.3 Å². The van der Waals surface area contributed by atoms with Crippen LogP contribution in [-0.4, -0.2) is 43.2 Å². The second kappa shape index (κ2) is 11.1. The first-order valence-electron chi connectivity index (χ1n) is 13.3. The van der Waals surface area contributed by atoms with Crippen molar-refractivity contribution in [3.05, 3.63) is 41.6 Å². The van der Waals surface area contributed by atoms with E-state index in [1.807, 2.05) is 31.7 Å². The molecule has 1 fully saturated rings. The fraction of sp³-hybridized carbons (Fsp3) is 0.655. The molecule has 0 spiro atoms. The number of aryl methyl sites for hydroxylation is 1. The summed E-state index contributed by atoms with van der Waals surface area (Å²) in [4.78, 5) is 14.2. The third-order valence-corrected chi connectivity index (χ3v) is 12.2. The summed E-state index contributed by atoms with van der Waals surface area (Å²) in [7, 11) is -1.90. The monoisotopic (exact) mass is 514 g/mol. The summed E-state index contributed by atoms with van der Waals surface area (Å²) in [6.45, 7) is 23.0. The van der Waals surface area contributed by atoms with Gasteiger partial charge in [-0.15, -0.1) is 6.58 Å². The molecule has 0 bridgehead atoms. The van der Waals surface area contributed by atoms with Gasteiger partial charge in [0.15, 0.2) is 13.9 Å². The molecule has 3 rings (SSSR count). The van der Waals surface area contributed by atoms with Crippen LogP contribution in [0, 0.1) is 5.92 Å². The van der Waals surface area contributed by atoms with Crippen LogP contribution in [0.4, 0.5) is 4.79 Å². The van der Waals surface area contributed by atoms with Gasteiger partial charge in [0.25, 0.3) is 0 Å². The molecule has 0 aliphatic carbocycles. The average Bonchev–Trinajstić information content (AvgIpc) is 3.18. The van der Waals surface area contributed by atoms with E-state index >= 15 is 0 Å². The van der Waals surface area contributed by atoms with Crippen LogP contribution >= 0.6 is 0 Å². The molecule has 0 radical (unpaired) electrons. The highest BCUT2D eigenvalue weighted by Gasteiger charge is 2.37. The fourth-order valence-electron chi connectivity index (χ4n) is 4.38. The van der Waals surface area contributed by atoms with Crippen molar-refractivity contribution < 1.29 is 18.5 Å². The number of ether oxygens (including phenoxy) is 1. The fourth-order valence-corrected chi connectivity index (χ4v) is 5.31. The van der Waals surface area contributed by atoms with Gasteiger partial charge >= 0.3 is 6.09 Å². The topological polar surface area (TPSA) is 64.8 Å².